The first kappa shape index (κ1) is 17.0. The van der Waals surface area contributed by atoms with E-state index < -0.39 is 0 Å². The van der Waals surface area contributed by atoms with E-state index in [-0.39, 0.29) is 30.5 Å². The van der Waals surface area contributed by atoms with Crippen LogP contribution in [0.15, 0.2) is 60.7 Å². The zero-order valence-electron chi connectivity index (χ0n) is 14.7. The van der Waals surface area contributed by atoms with Crippen LogP contribution in [0.3, 0.4) is 0 Å². The predicted octanol–water partition coefficient (Wildman–Crippen LogP) is 3.57. The maximum atomic E-state index is 12.4. The highest BCUT2D eigenvalue weighted by molar-refractivity contribution is 5.79. The van der Waals surface area contributed by atoms with E-state index in [9.17, 15) is 4.79 Å². The zero-order valence-corrected chi connectivity index (χ0v) is 14.7. The minimum atomic E-state index is -0.0672. The monoisotopic (exact) mass is 333 g/mol. The Morgan fingerprint density at radius 3 is 1.96 bits per heavy atom. The van der Waals surface area contributed by atoms with Gasteiger partial charge in [-0.2, -0.15) is 11.5 Å². The highest BCUT2D eigenvalue weighted by Gasteiger charge is 2.42. The van der Waals surface area contributed by atoms with Gasteiger partial charge in [0, 0.05) is 18.5 Å². The van der Waals surface area contributed by atoms with Gasteiger partial charge >= 0.3 is 0 Å². The second kappa shape index (κ2) is 7.40. The Kier molecular flexibility index (Phi) is 5.04. The summed E-state index contributed by atoms with van der Waals surface area (Å²) >= 11 is 0. The number of rotatable bonds is 4. The zero-order chi connectivity index (χ0) is 17.8. The summed E-state index contributed by atoms with van der Waals surface area (Å²) in [6, 6.07) is 20.6. The number of hydrogen-bond donors (Lipinski definition) is 0. The van der Waals surface area contributed by atoms with Gasteiger partial charge in [-0.3, -0.25) is 4.79 Å². The molecule has 25 heavy (non-hydrogen) atoms. The first-order valence-corrected chi connectivity index (χ1v) is 8.65. The number of benzene rings is 2. The Hall–Kier alpha value is -2.80. The van der Waals surface area contributed by atoms with Crippen molar-refractivity contribution in [2.45, 2.75) is 31.8 Å². The van der Waals surface area contributed by atoms with Gasteiger partial charge in [-0.25, -0.2) is 0 Å². The molecule has 1 heterocycles. The number of amides is 1. The van der Waals surface area contributed by atoms with Gasteiger partial charge in [-0.1, -0.05) is 65.7 Å². The van der Waals surface area contributed by atoms with Crippen molar-refractivity contribution in [1.29, 1.82) is 0 Å². The molecule has 0 unspecified atom stereocenters. The van der Waals surface area contributed by atoms with Crippen molar-refractivity contribution in [2.75, 3.05) is 13.1 Å². The van der Waals surface area contributed by atoms with Gasteiger partial charge in [-0.15, -0.1) is 0 Å². The summed E-state index contributed by atoms with van der Waals surface area (Å²) in [5, 5.41) is 1.63. The van der Waals surface area contributed by atoms with Gasteiger partial charge < -0.3 is 4.90 Å². The molecule has 1 amide bonds. The second-order valence-electron chi connectivity index (χ2n) is 6.70. The molecule has 0 N–H and O–H groups in total. The fraction of sp³-hybridized carbons (Fsp3) is 0.333. The quantitative estimate of drug-likeness (QED) is 0.800. The Bertz CT molecular complexity index is 712. The molecule has 1 atom stereocenters. The summed E-state index contributed by atoms with van der Waals surface area (Å²) in [7, 11) is 0. The highest BCUT2D eigenvalue weighted by Crippen LogP contribution is 2.33. The lowest BCUT2D eigenvalue weighted by Gasteiger charge is -2.40. The number of carbonyl (C=O) groups excluding carboxylic acids is 1. The van der Waals surface area contributed by atoms with Crippen molar-refractivity contribution in [3.63, 3.8) is 0 Å². The fourth-order valence-corrected chi connectivity index (χ4v) is 3.59. The molecule has 0 aromatic heterocycles. The number of nitrogens with zero attached hydrogens (tertiary/aromatic N) is 3. The van der Waals surface area contributed by atoms with Crippen LogP contribution in [0.2, 0.25) is 0 Å². The summed E-state index contributed by atoms with van der Waals surface area (Å²) in [6.07, 6.45) is 0. The maximum Gasteiger partial charge on any atom is 0.249 e. The third kappa shape index (κ3) is 3.51. The molecule has 0 spiro atoms. The minimum absolute atomic E-state index is 0.0297. The average Bonchev–Trinajstić information content (AvgIpc) is 2.64. The molecule has 0 bridgehead atoms. The van der Waals surface area contributed by atoms with Crippen molar-refractivity contribution in [3.05, 3.63) is 83.3 Å². The number of hydrogen-bond acceptors (Lipinski definition) is 2. The number of piperazine rings is 1. The molecule has 3 rings (SSSR count). The van der Waals surface area contributed by atoms with Crippen LogP contribution in [0.25, 0.3) is 4.95 Å². The van der Waals surface area contributed by atoms with Crippen LogP contribution in [0.1, 0.15) is 30.9 Å². The van der Waals surface area contributed by atoms with Gasteiger partial charge in [0.25, 0.3) is 0 Å². The molecule has 1 aliphatic rings. The van der Waals surface area contributed by atoms with Crippen molar-refractivity contribution in [1.82, 2.24) is 9.91 Å². The Morgan fingerprint density at radius 2 is 1.52 bits per heavy atom. The summed E-state index contributed by atoms with van der Waals surface area (Å²) in [5.41, 5.74) is 2.34. The van der Waals surface area contributed by atoms with Crippen LogP contribution in [0.4, 0.5) is 0 Å². The van der Waals surface area contributed by atoms with E-state index in [1.807, 2.05) is 55.1 Å². The molecular weight excluding hydrogens is 310 g/mol. The van der Waals surface area contributed by atoms with Gasteiger partial charge in [-0.05, 0) is 25.0 Å². The van der Waals surface area contributed by atoms with E-state index in [0.717, 1.165) is 0 Å². The molecule has 2 aromatic carbocycles. The van der Waals surface area contributed by atoms with Gasteiger partial charge in [0.2, 0.25) is 5.91 Å². The predicted molar refractivity (Wildman–Crippen MR) is 98.7 cm³/mol. The normalized spacial score (nSPS) is 17.9. The molecule has 1 fully saturated rings. The molecule has 4 nitrogen and oxygen atoms in total. The Balaban J connectivity index is 2.05. The van der Waals surface area contributed by atoms with E-state index >= 15 is 0 Å². The lowest BCUT2D eigenvalue weighted by atomic mass is 9.83. The molecule has 4 heteroatoms. The molecule has 1 aliphatic heterocycles. The SMILES string of the molecule is [C-]#[N+]N1CC(=O)N(C(C)C)C[C@@H]1C(c1ccccc1)c1ccccc1. The molecule has 0 aliphatic carbocycles. The van der Waals surface area contributed by atoms with Crippen LogP contribution < -0.4 is 0 Å². The standard InChI is InChI=1S/C21H23N3O/c1-16(2)23-14-19(24(22-3)15-20(23)25)21(17-10-6-4-7-11-17)18-12-8-5-9-13-18/h4-13,16,19,21H,14-15H2,1-2H3/t19-/m1/s1. The lowest BCUT2D eigenvalue weighted by molar-refractivity contribution is -0.139. The van der Waals surface area contributed by atoms with E-state index in [4.69, 9.17) is 6.57 Å². The van der Waals surface area contributed by atoms with Gasteiger partial charge in [0.1, 0.15) is 6.04 Å². The van der Waals surface area contributed by atoms with Crippen LogP contribution in [0.5, 0.6) is 0 Å². The smallest absolute Gasteiger partial charge is 0.249 e. The maximum absolute atomic E-state index is 12.4. The molecule has 0 saturated carbocycles. The van der Waals surface area contributed by atoms with Crippen LogP contribution >= 0.6 is 0 Å². The van der Waals surface area contributed by atoms with Crippen LogP contribution in [-0.2, 0) is 4.79 Å². The van der Waals surface area contributed by atoms with E-state index in [0.29, 0.717) is 6.54 Å². The van der Waals surface area contributed by atoms with E-state index in [1.165, 1.54) is 11.1 Å². The highest BCUT2D eigenvalue weighted by atomic mass is 16.2. The molecular formula is C21H23N3O. The largest absolute Gasteiger partial charge is 0.336 e. The van der Waals surface area contributed by atoms with Gasteiger partial charge in [0.15, 0.2) is 6.54 Å². The van der Waals surface area contributed by atoms with Crippen molar-refractivity contribution >= 4 is 5.91 Å². The van der Waals surface area contributed by atoms with Crippen molar-refractivity contribution < 1.29 is 4.79 Å². The van der Waals surface area contributed by atoms with E-state index in [2.05, 4.69) is 29.2 Å². The lowest BCUT2D eigenvalue weighted by Crippen LogP contribution is -2.57. The van der Waals surface area contributed by atoms with Crippen molar-refractivity contribution in [3.8, 4) is 0 Å². The number of carbonyl (C=O) groups is 1. The Labute approximate surface area is 149 Å². The molecule has 2 aromatic rings. The summed E-state index contributed by atoms with van der Waals surface area (Å²) in [4.78, 5) is 18.0. The van der Waals surface area contributed by atoms with Gasteiger partial charge in [0.05, 0.1) is 0 Å². The third-order valence-corrected chi connectivity index (χ3v) is 4.84. The summed E-state index contributed by atoms with van der Waals surface area (Å²) in [6.45, 7) is 12.4. The third-order valence-electron chi connectivity index (χ3n) is 4.84. The minimum Gasteiger partial charge on any atom is -0.336 e. The summed E-state index contributed by atoms with van der Waals surface area (Å²) in [5.74, 6) is 0.0768. The summed E-state index contributed by atoms with van der Waals surface area (Å²) < 4.78 is 0. The van der Waals surface area contributed by atoms with E-state index in [1.54, 1.807) is 5.01 Å². The average molecular weight is 333 g/mol. The van der Waals surface area contributed by atoms with Crippen molar-refractivity contribution in [2.24, 2.45) is 0 Å². The first-order valence-electron chi connectivity index (χ1n) is 8.65. The molecule has 0 radical (unpaired) electrons. The molecule has 1 saturated heterocycles. The van der Waals surface area contributed by atoms with Crippen LogP contribution in [0, 0.1) is 6.57 Å². The topological polar surface area (TPSA) is 27.9 Å². The molecule has 128 valence electrons. The second-order valence-corrected chi connectivity index (χ2v) is 6.70. The Morgan fingerprint density at radius 1 is 1.00 bits per heavy atom. The van der Waals surface area contributed by atoms with Crippen LogP contribution in [-0.4, -0.2) is 41.0 Å². The fourth-order valence-electron chi connectivity index (χ4n) is 3.59. The first-order chi connectivity index (χ1) is 12.1.